The van der Waals surface area contributed by atoms with Crippen LogP contribution in [0.1, 0.15) is 58.3 Å². The Hall–Kier alpha value is -1.89. The zero-order valence-electron chi connectivity index (χ0n) is 15.2. The lowest BCUT2D eigenvalue weighted by Gasteiger charge is -2.38. The van der Waals surface area contributed by atoms with Crippen molar-refractivity contribution in [3.8, 4) is 0 Å². The van der Waals surface area contributed by atoms with E-state index in [9.17, 15) is 14.4 Å². The number of quaternary nitrogens is 1. The summed E-state index contributed by atoms with van der Waals surface area (Å²) in [7, 11) is 0. The van der Waals surface area contributed by atoms with Crippen LogP contribution in [0.4, 0.5) is 0 Å². The maximum absolute atomic E-state index is 10.9. The molecule has 144 valence electrons. The molecule has 0 saturated carbocycles. The Morgan fingerprint density at radius 2 is 1.16 bits per heavy atom. The Labute approximate surface area is 149 Å². The molecule has 7 nitrogen and oxygen atoms in total. The van der Waals surface area contributed by atoms with Gasteiger partial charge in [0.25, 0.3) is 0 Å². The van der Waals surface area contributed by atoms with Crippen molar-refractivity contribution in [3.05, 3.63) is 12.2 Å². The number of rotatable bonds is 16. The van der Waals surface area contributed by atoms with Crippen molar-refractivity contribution in [2.24, 2.45) is 0 Å². The molecule has 0 amide bonds. The topological polar surface area (TPSA) is 112 Å². The molecule has 0 aliphatic heterocycles. The van der Waals surface area contributed by atoms with Crippen molar-refractivity contribution in [2.45, 2.75) is 58.3 Å². The van der Waals surface area contributed by atoms with Crippen molar-refractivity contribution < 1.29 is 34.2 Å². The van der Waals surface area contributed by atoms with Gasteiger partial charge in [0.1, 0.15) is 0 Å². The molecule has 0 atom stereocenters. The highest BCUT2D eigenvalue weighted by Gasteiger charge is 2.29. The van der Waals surface area contributed by atoms with Crippen LogP contribution in [-0.2, 0) is 14.4 Å². The largest absolute Gasteiger partial charge is 0.481 e. The molecule has 0 unspecified atom stereocenters. The monoisotopic (exact) mass is 358 g/mol. The minimum atomic E-state index is -0.948. The molecule has 0 rings (SSSR count). The summed E-state index contributed by atoms with van der Waals surface area (Å²) in [5.74, 6) is -2.85. The Bertz CT molecular complexity index is 401. The van der Waals surface area contributed by atoms with E-state index in [1.807, 2.05) is 0 Å². The van der Waals surface area contributed by atoms with Gasteiger partial charge >= 0.3 is 17.9 Å². The van der Waals surface area contributed by atoms with Crippen LogP contribution in [0.5, 0.6) is 0 Å². The molecular weight excluding hydrogens is 326 g/mol. The van der Waals surface area contributed by atoms with E-state index >= 15 is 0 Å². The van der Waals surface area contributed by atoms with E-state index in [1.54, 1.807) is 0 Å². The van der Waals surface area contributed by atoms with Crippen molar-refractivity contribution in [1.29, 1.82) is 0 Å². The summed E-state index contributed by atoms with van der Waals surface area (Å²) >= 11 is 0. The van der Waals surface area contributed by atoms with Crippen LogP contribution >= 0.6 is 0 Å². The lowest BCUT2D eigenvalue weighted by atomic mass is 10.1. The van der Waals surface area contributed by atoms with Gasteiger partial charge in [-0.25, -0.2) is 0 Å². The number of allylic oxidation sites excluding steroid dienone is 2. The van der Waals surface area contributed by atoms with E-state index in [4.69, 9.17) is 15.3 Å². The van der Waals surface area contributed by atoms with Crippen LogP contribution < -0.4 is 0 Å². The van der Waals surface area contributed by atoms with E-state index in [-0.39, 0.29) is 43.4 Å². The van der Waals surface area contributed by atoms with Crippen molar-refractivity contribution >= 4 is 17.9 Å². The Morgan fingerprint density at radius 3 is 1.56 bits per heavy atom. The van der Waals surface area contributed by atoms with Crippen molar-refractivity contribution in [3.63, 3.8) is 0 Å². The molecule has 3 N–H and O–H groups in total. The van der Waals surface area contributed by atoms with E-state index < -0.39 is 17.9 Å². The average molecular weight is 358 g/mol. The summed E-state index contributed by atoms with van der Waals surface area (Å²) in [5.41, 5.74) is 0. The highest BCUT2D eigenvalue weighted by molar-refractivity contribution is 5.67. The fraction of sp³-hybridized carbons (Fsp3) is 0.722. The highest BCUT2D eigenvalue weighted by Crippen LogP contribution is 2.15. The third kappa shape index (κ3) is 13.1. The zero-order chi connectivity index (χ0) is 19.1. The molecule has 0 radical (unpaired) electrons. The first-order chi connectivity index (χ1) is 11.8. The Morgan fingerprint density at radius 1 is 0.720 bits per heavy atom. The van der Waals surface area contributed by atoms with Gasteiger partial charge in [-0.2, -0.15) is 0 Å². The molecule has 0 aromatic heterocycles. The van der Waals surface area contributed by atoms with Crippen LogP contribution in [0, 0.1) is 0 Å². The predicted molar refractivity (Wildman–Crippen MR) is 94.4 cm³/mol. The number of hydrogen-bond acceptors (Lipinski definition) is 3. The molecule has 0 aromatic carbocycles. The third-order valence-electron chi connectivity index (χ3n) is 4.28. The normalized spacial score (nSPS) is 11.7. The Kier molecular flexibility index (Phi) is 12.4. The van der Waals surface area contributed by atoms with E-state index in [1.165, 1.54) is 0 Å². The van der Waals surface area contributed by atoms with Gasteiger partial charge in [0.2, 0.25) is 0 Å². The van der Waals surface area contributed by atoms with Crippen LogP contribution in [0.25, 0.3) is 0 Å². The number of hydrogen-bond donors (Lipinski definition) is 3. The van der Waals surface area contributed by atoms with Gasteiger partial charge in [-0.3, -0.25) is 14.4 Å². The summed E-state index contributed by atoms with van der Waals surface area (Å²) in [6.07, 6.45) is 8.83. The second kappa shape index (κ2) is 13.4. The molecule has 0 spiro atoms. The molecule has 0 aliphatic carbocycles. The second-order valence-electron chi connectivity index (χ2n) is 6.42. The zero-order valence-corrected chi connectivity index (χ0v) is 15.2. The maximum atomic E-state index is 10.9. The number of unbranched alkanes of at least 4 members (excludes halogenated alkanes) is 3. The Balaban J connectivity index is 4.78. The van der Waals surface area contributed by atoms with Crippen LogP contribution in [0.2, 0.25) is 0 Å². The van der Waals surface area contributed by atoms with Gasteiger partial charge in [0, 0.05) is 0 Å². The molecule has 0 bridgehead atoms. The van der Waals surface area contributed by atoms with Gasteiger partial charge in [0.15, 0.2) is 0 Å². The van der Waals surface area contributed by atoms with Crippen LogP contribution in [0.3, 0.4) is 0 Å². The molecule has 0 heterocycles. The molecule has 7 heteroatoms. The number of carboxylic acid groups (broad SMARTS) is 3. The molecular formula is C18H32NO6+. The van der Waals surface area contributed by atoms with E-state index in [2.05, 4.69) is 19.1 Å². The number of nitrogens with zero attached hydrogens (tertiary/aromatic N) is 1. The minimum Gasteiger partial charge on any atom is -0.481 e. The van der Waals surface area contributed by atoms with Crippen LogP contribution in [0.15, 0.2) is 12.2 Å². The number of carboxylic acids is 3. The second-order valence-corrected chi connectivity index (χ2v) is 6.42. The smallest absolute Gasteiger partial charge is 0.309 e. The summed E-state index contributed by atoms with van der Waals surface area (Å²) in [6, 6.07) is 0. The quantitative estimate of drug-likeness (QED) is 0.222. The fourth-order valence-corrected chi connectivity index (χ4v) is 2.78. The summed E-state index contributed by atoms with van der Waals surface area (Å²) in [5, 5.41) is 26.9. The lowest BCUT2D eigenvalue weighted by Crippen LogP contribution is -2.52. The first-order valence-electron chi connectivity index (χ1n) is 8.97. The molecule has 0 aliphatic rings. The van der Waals surface area contributed by atoms with Crippen LogP contribution in [-0.4, -0.2) is 63.9 Å². The van der Waals surface area contributed by atoms with Gasteiger partial charge < -0.3 is 19.8 Å². The standard InChI is InChI=1S/C18H31NO6/c1-2-3-4-5-6-7-8-12-19(13-9-16(20)21,14-10-17(22)23)15-11-18(24)25/h4-5H,2-3,6-15H2,1H3,(H2-,20,21,22,23,24,25)/p+1/b5-4+. The first-order valence-corrected chi connectivity index (χ1v) is 8.97. The fourth-order valence-electron chi connectivity index (χ4n) is 2.78. The number of aliphatic carboxylic acids is 3. The molecule has 0 aromatic rings. The summed E-state index contributed by atoms with van der Waals surface area (Å²) in [6.45, 7) is 3.52. The first kappa shape index (κ1) is 23.1. The molecule has 25 heavy (non-hydrogen) atoms. The summed E-state index contributed by atoms with van der Waals surface area (Å²) in [4.78, 5) is 32.8. The van der Waals surface area contributed by atoms with Crippen molar-refractivity contribution in [1.82, 2.24) is 0 Å². The maximum Gasteiger partial charge on any atom is 0.309 e. The van der Waals surface area contributed by atoms with Gasteiger partial charge in [-0.05, 0) is 25.7 Å². The van der Waals surface area contributed by atoms with Gasteiger partial charge in [-0.1, -0.05) is 25.5 Å². The van der Waals surface area contributed by atoms with E-state index in [0.29, 0.717) is 6.54 Å². The lowest BCUT2D eigenvalue weighted by molar-refractivity contribution is -0.927. The third-order valence-corrected chi connectivity index (χ3v) is 4.28. The SMILES string of the molecule is CCC/C=C/CCCC[N+](CCC(=O)O)(CCC(=O)O)CCC(=O)O. The summed E-state index contributed by atoms with van der Waals surface area (Å²) < 4.78 is 0.240. The minimum absolute atomic E-state index is 0.0877. The molecule has 0 fully saturated rings. The van der Waals surface area contributed by atoms with Crippen molar-refractivity contribution in [2.75, 3.05) is 26.2 Å². The predicted octanol–water partition coefficient (Wildman–Crippen LogP) is 2.75. The number of carbonyl (C=O) groups is 3. The highest BCUT2D eigenvalue weighted by atomic mass is 16.4. The van der Waals surface area contributed by atoms with Gasteiger partial charge in [-0.15, -0.1) is 0 Å². The van der Waals surface area contributed by atoms with E-state index in [0.717, 1.165) is 32.1 Å². The molecule has 0 saturated heterocycles. The average Bonchev–Trinajstić information content (AvgIpc) is 2.54. The van der Waals surface area contributed by atoms with Gasteiger partial charge in [0.05, 0.1) is 45.4 Å².